The van der Waals surface area contributed by atoms with E-state index < -0.39 is 62.8 Å². The van der Waals surface area contributed by atoms with Gasteiger partial charge in [-0.05, 0) is 45.0 Å². The molecule has 1 saturated heterocycles. The van der Waals surface area contributed by atoms with E-state index in [1.807, 2.05) is 18.7 Å². The van der Waals surface area contributed by atoms with Crippen molar-refractivity contribution in [3.63, 3.8) is 0 Å². The number of hydrogen-bond acceptors (Lipinski definition) is 11. The second-order valence-corrected chi connectivity index (χ2v) is 14.6. The number of hydrogen-bond donors (Lipinski definition) is 2. The van der Waals surface area contributed by atoms with Crippen LogP contribution in [0.2, 0.25) is 0 Å². The number of ketones is 1. The maximum atomic E-state index is 14.0. The molecule has 1 aromatic rings. The Bertz CT molecular complexity index is 1540. The van der Waals surface area contributed by atoms with Gasteiger partial charge in [0.25, 0.3) is 5.91 Å². The van der Waals surface area contributed by atoms with Crippen molar-refractivity contribution in [2.24, 2.45) is 5.92 Å². The number of esters is 1. The molecule has 0 spiro atoms. The number of aromatic nitrogens is 1. The van der Waals surface area contributed by atoms with Gasteiger partial charge in [-0.2, -0.15) is 0 Å². The van der Waals surface area contributed by atoms with Crippen molar-refractivity contribution < 1.29 is 41.9 Å². The summed E-state index contributed by atoms with van der Waals surface area (Å²) in [7, 11) is -3.90. The van der Waals surface area contributed by atoms with E-state index in [-0.39, 0.29) is 56.2 Å². The lowest BCUT2D eigenvalue weighted by atomic mass is 9.98. The number of oxazole rings is 1. The molecule has 0 unspecified atom stereocenters. The maximum Gasteiger partial charge on any atom is 0.330 e. The molecule has 0 aromatic carbocycles. The summed E-state index contributed by atoms with van der Waals surface area (Å²) in [5, 5.41) is 11.9. The van der Waals surface area contributed by atoms with Gasteiger partial charge in [-0.1, -0.05) is 57.2 Å². The van der Waals surface area contributed by atoms with Gasteiger partial charge in [-0.25, -0.2) is 18.2 Å². The monoisotopic (exact) mass is 688 g/mol. The Morgan fingerprint density at radius 2 is 1.90 bits per heavy atom. The van der Waals surface area contributed by atoms with Crippen LogP contribution in [0.4, 0.5) is 0 Å². The van der Waals surface area contributed by atoms with Crippen molar-refractivity contribution in [1.82, 2.24) is 20.1 Å². The second-order valence-electron chi connectivity index (χ2n) is 12.3. The third-order valence-corrected chi connectivity index (χ3v) is 10.6. The van der Waals surface area contributed by atoms with Gasteiger partial charge in [0.1, 0.15) is 24.2 Å². The fourth-order valence-corrected chi connectivity index (χ4v) is 7.71. The zero-order chi connectivity index (χ0) is 35.6. The average Bonchev–Trinajstić information content (AvgIpc) is 3.68. The van der Waals surface area contributed by atoms with Gasteiger partial charge >= 0.3 is 5.97 Å². The van der Waals surface area contributed by atoms with Crippen molar-refractivity contribution >= 4 is 33.4 Å². The normalized spacial score (nSPS) is 27.9. The summed E-state index contributed by atoms with van der Waals surface area (Å²) in [6.07, 6.45) is 6.29. The van der Waals surface area contributed by atoms with Crippen LogP contribution in [0.1, 0.15) is 63.8 Å². The lowest BCUT2D eigenvalue weighted by Crippen LogP contribution is -2.50. The zero-order valence-corrected chi connectivity index (χ0v) is 29.2. The highest BCUT2D eigenvalue weighted by Crippen LogP contribution is 2.30. The number of Topliss-reactive ketones (excluding diaryl/α,β-unsaturated/α-hetero) is 1. The SMILES string of the molecule is C=C(C)[C@H]1OC(=O)[C@H]2[C@H](S(=O)(=O)CCN(CC)CC)CCN2C(=O)c2coc(n2)CC(=O)C[C@H](O)/C=C(C)/C=C/CNC(=O)/C=C/[C@H]1C. The van der Waals surface area contributed by atoms with Crippen LogP contribution in [0, 0.1) is 5.92 Å². The largest absolute Gasteiger partial charge is 0.456 e. The Labute approximate surface area is 282 Å². The molecule has 0 radical (unpaired) electrons. The Morgan fingerprint density at radius 1 is 1.19 bits per heavy atom. The number of amides is 2. The van der Waals surface area contributed by atoms with Crippen LogP contribution < -0.4 is 5.32 Å². The number of nitrogens with one attached hydrogen (secondary N) is 1. The van der Waals surface area contributed by atoms with Gasteiger partial charge in [-0.15, -0.1) is 0 Å². The van der Waals surface area contributed by atoms with Crippen molar-refractivity contribution in [2.45, 2.75) is 77.4 Å². The summed E-state index contributed by atoms with van der Waals surface area (Å²) >= 11 is 0. The van der Waals surface area contributed by atoms with Crippen LogP contribution in [-0.2, 0) is 35.4 Å². The van der Waals surface area contributed by atoms with E-state index in [1.165, 1.54) is 12.2 Å². The number of aliphatic hydroxyl groups is 1. The summed E-state index contributed by atoms with van der Waals surface area (Å²) in [5.74, 6) is -3.27. The number of ether oxygens (including phenoxy) is 1. The van der Waals surface area contributed by atoms with E-state index in [1.54, 1.807) is 39.0 Å². The van der Waals surface area contributed by atoms with Gasteiger partial charge in [0.15, 0.2) is 15.5 Å². The molecular weight excluding hydrogens is 640 g/mol. The molecule has 5 atom stereocenters. The van der Waals surface area contributed by atoms with E-state index in [9.17, 15) is 32.7 Å². The molecule has 1 aromatic heterocycles. The molecule has 2 aliphatic heterocycles. The summed E-state index contributed by atoms with van der Waals surface area (Å²) in [5.41, 5.74) is 0.938. The number of nitrogens with zero attached hydrogens (tertiary/aromatic N) is 3. The van der Waals surface area contributed by atoms with Crippen LogP contribution in [0.25, 0.3) is 0 Å². The molecule has 14 heteroatoms. The molecular formula is C34H48N4O9S. The maximum absolute atomic E-state index is 14.0. The molecule has 264 valence electrons. The lowest BCUT2D eigenvalue weighted by Gasteiger charge is -2.30. The summed E-state index contributed by atoms with van der Waals surface area (Å²) in [4.78, 5) is 60.1. The topological polar surface area (TPSA) is 176 Å². The van der Waals surface area contributed by atoms with Crippen LogP contribution in [0.15, 0.2) is 58.8 Å². The van der Waals surface area contributed by atoms with Crippen LogP contribution in [0.3, 0.4) is 0 Å². The standard InChI is InChI=1S/C34H48N4O9S/c1-7-37(8-2)16-17-48(44,45)28-13-15-38-31(28)34(43)47-32(22(3)4)24(6)11-12-29(41)35-14-9-10-23(5)18-25(39)19-26(40)20-30-36-27(21-46-30)33(38)42/h9-12,18,21,24-25,28,31-32,39H,3,7-8,13-17,19-20H2,1-2,4-6H3,(H,35,41)/b10-9+,12-11+,23-18+/t24-,25-,28-,31-,32-/m1/s1. The van der Waals surface area contributed by atoms with Crippen LogP contribution in [0.5, 0.6) is 0 Å². The number of sulfone groups is 1. The third kappa shape index (κ3) is 10.6. The molecule has 2 amide bonds. The van der Waals surface area contributed by atoms with Crippen molar-refractivity contribution in [3.05, 3.63) is 66.0 Å². The minimum absolute atomic E-state index is 0.00190. The van der Waals surface area contributed by atoms with E-state index >= 15 is 0 Å². The number of aliphatic hydroxyl groups excluding tert-OH is 1. The molecule has 2 aliphatic rings. The van der Waals surface area contributed by atoms with E-state index in [4.69, 9.17) is 9.15 Å². The first-order valence-electron chi connectivity index (χ1n) is 16.2. The number of rotatable bonds is 7. The van der Waals surface area contributed by atoms with Crippen molar-refractivity contribution in [3.8, 4) is 0 Å². The molecule has 1 fully saturated rings. The van der Waals surface area contributed by atoms with Crippen LogP contribution >= 0.6 is 0 Å². The van der Waals surface area contributed by atoms with Gasteiger partial charge in [0.05, 0.1) is 23.5 Å². The number of fused-ring (bicyclic) bond motifs is 3. The highest BCUT2D eigenvalue weighted by atomic mass is 32.2. The Kier molecular flexibility index (Phi) is 14.1. The first-order valence-corrected chi connectivity index (χ1v) is 17.9. The minimum Gasteiger partial charge on any atom is -0.456 e. The van der Waals surface area contributed by atoms with Gasteiger partial charge < -0.3 is 29.4 Å². The van der Waals surface area contributed by atoms with Gasteiger partial charge in [-0.3, -0.25) is 14.4 Å². The predicted molar refractivity (Wildman–Crippen MR) is 180 cm³/mol. The Morgan fingerprint density at radius 3 is 2.56 bits per heavy atom. The Balaban J connectivity index is 2.01. The molecule has 3 heterocycles. The highest BCUT2D eigenvalue weighted by molar-refractivity contribution is 7.92. The predicted octanol–water partition coefficient (Wildman–Crippen LogP) is 2.19. The summed E-state index contributed by atoms with van der Waals surface area (Å²) in [6, 6.07) is -1.49. The zero-order valence-electron chi connectivity index (χ0n) is 28.4. The lowest BCUT2D eigenvalue weighted by molar-refractivity contribution is -0.153. The van der Waals surface area contributed by atoms with E-state index in [0.717, 1.165) is 11.2 Å². The van der Waals surface area contributed by atoms with Crippen molar-refractivity contribution in [2.75, 3.05) is 38.5 Å². The first-order chi connectivity index (χ1) is 22.7. The first kappa shape index (κ1) is 38.6. The van der Waals surface area contributed by atoms with Gasteiger partial charge in [0, 0.05) is 32.0 Å². The molecule has 2 N–H and O–H groups in total. The Hall–Kier alpha value is -3.88. The average molecular weight is 689 g/mol. The summed E-state index contributed by atoms with van der Waals surface area (Å²) < 4.78 is 38.7. The molecule has 2 bridgehead atoms. The molecule has 13 nitrogen and oxygen atoms in total. The molecule has 48 heavy (non-hydrogen) atoms. The number of carbonyl (C=O) groups is 4. The molecule has 3 rings (SSSR count). The molecule has 0 saturated carbocycles. The van der Waals surface area contributed by atoms with Gasteiger partial charge in [0.2, 0.25) is 11.8 Å². The van der Waals surface area contributed by atoms with E-state index in [2.05, 4.69) is 16.9 Å². The summed E-state index contributed by atoms with van der Waals surface area (Å²) in [6.45, 7) is 14.6. The minimum atomic E-state index is -3.90. The van der Waals surface area contributed by atoms with Crippen molar-refractivity contribution in [1.29, 1.82) is 0 Å². The quantitative estimate of drug-likeness (QED) is 0.317. The fourth-order valence-electron chi connectivity index (χ4n) is 5.78. The number of carbonyl (C=O) groups excluding carboxylic acids is 4. The molecule has 0 aliphatic carbocycles. The smallest absolute Gasteiger partial charge is 0.330 e. The second kappa shape index (κ2) is 17.5. The number of allylic oxidation sites excluding steroid dienone is 2. The third-order valence-electron chi connectivity index (χ3n) is 8.44. The number of cyclic esters (lactones) is 1. The van der Waals surface area contributed by atoms with E-state index in [0.29, 0.717) is 24.2 Å². The highest BCUT2D eigenvalue weighted by Gasteiger charge is 2.50. The fraction of sp³-hybridized carbons (Fsp3) is 0.559. The van der Waals surface area contributed by atoms with Crippen LogP contribution in [-0.4, -0.2) is 114 Å².